The fraction of sp³-hybridized carbons (Fsp3) is 0.643. The molecule has 41 heavy (non-hydrogen) atoms. The molecule has 1 atom stereocenters. The van der Waals surface area contributed by atoms with E-state index in [2.05, 4.69) is 37.8 Å². The molecule has 0 heterocycles. The Morgan fingerprint density at radius 1 is 1.00 bits per heavy atom. The first-order chi connectivity index (χ1) is 20.0. The number of ether oxygens (including phenoxy) is 5. The van der Waals surface area contributed by atoms with E-state index in [1.807, 2.05) is 20.9 Å². The Balaban J connectivity index is 2.09. The van der Waals surface area contributed by atoms with Crippen molar-refractivity contribution >= 4 is 11.8 Å². The quantitative estimate of drug-likeness (QED) is 0.0587. The number of hydrogen-bond acceptors (Lipinski definition) is 9. The zero-order chi connectivity index (χ0) is 30.0. The number of carbonyl (C=O) groups is 2. The summed E-state index contributed by atoms with van der Waals surface area (Å²) in [5.74, 6) is 6.45. The molecule has 13 heteroatoms. The maximum atomic E-state index is 12.2. The standard InChI is InChI=1S/C28H44N6O7/c1-23(2)7-5-14-37-16-13-31-26(35)10-6-15-38-17-18-39-19-20-40-27(33-34-29)22-41-25-9-4-8-24(21-25)28(36)32-12-11-30-3/h4,8-9,21,23,27,30H,6,10-20,22H2,1-3H3,(H,31,35)(H,32,36). The van der Waals surface area contributed by atoms with Crippen molar-refractivity contribution in [1.82, 2.24) is 16.0 Å². The Kier molecular flexibility index (Phi) is 21.2. The van der Waals surface area contributed by atoms with Gasteiger partial charge in [-0.25, -0.2) is 0 Å². The molecule has 0 aliphatic carbocycles. The highest BCUT2D eigenvalue weighted by Crippen LogP contribution is 2.14. The van der Waals surface area contributed by atoms with Crippen LogP contribution in [0.25, 0.3) is 10.4 Å². The molecule has 2 amide bonds. The highest BCUT2D eigenvalue weighted by Gasteiger charge is 2.10. The summed E-state index contributed by atoms with van der Waals surface area (Å²) in [5.41, 5.74) is 9.27. The van der Waals surface area contributed by atoms with Gasteiger partial charge >= 0.3 is 0 Å². The number of benzene rings is 1. The van der Waals surface area contributed by atoms with Crippen LogP contribution in [0.2, 0.25) is 0 Å². The van der Waals surface area contributed by atoms with Crippen LogP contribution in [-0.2, 0) is 23.7 Å². The van der Waals surface area contributed by atoms with Gasteiger partial charge in [-0.1, -0.05) is 36.9 Å². The Labute approximate surface area is 242 Å². The molecule has 228 valence electrons. The molecule has 0 spiro atoms. The van der Waals surface area contributed by atoms with Crippen molar-refractivity contribution in [3.8, 4) is 17.6 Å². The van der Waals surface area contributed by atoms with Crippen LogP contribution in [0.3, 0.4) is 0 Å². The highest BCUT2D eigenvalue weighted by atomic mass is 16.6. The van der Waals surface area contributed by atoms with Gasteiger partial charge in [-0.15, -0.1) is 0 Å². The average molecular weight is 577 g/mol. The van der Waals surface area contributed by atoms with Crippen molar-refractivity contribution in [3.05, 3.63) is 40.3 Å². The molecule has 0 aliphatic heterocycles. The molecule has 3 N–H and O–H groups in total. The zero-order valence-corrected chi connectivity index (χ0v) is 24.4. The minimum absolute atomic E-state index is 0.0222. The maximum Gasteiger partial charge on any atom is 0.251 e. The van der Waals surface area contributed by atoms with Gasteiger partial charge in [0.2, 0.25) is 5.91 Å². The zero-order valence-electron chi connectivity index (χ0n) is 24.4. The van der Waals surface area contributed by atoms with Gasteiger partial charge < -0.3 is 39.6 Å². The van der Waals surface area contributed by atoms with Crippen LogP contribution in [0.1, 0.15) is 37.0 Å². The molecule has 1 aromatic carbocycles. The Hall–Kier alpha value is -3.37. The first-order valence-corrected chi connectivity index (χ1v) is 13.8. The van der Waals surface area contributed by atoms with Gasteiger partial charge in [-0.2, -0.15) is 0 Å². The van der Waals surface area contributed by atoms with Gasteiger partial charge in [0.05, 0.1) is 33.0 Å². The number of carbonyl (C=O) groups excluding carboxylic acids is 2. The van der Waals surface area contributed by atoms with E-state index in [0.29, 0.717) is 82.7 Å². The summed E-state index contributed by atoms with van der Waals surface area (Å²) in [5, 5.41) is 12.1. The lowest BCUT2D eigenvalue weighted by atomic mass is 10.2. The number of rotatable bonds is 23. The molecule has 0 saturated carbocycles. The number of amides is 2. The Morgan fingerprint density at radius 2 is 1.78 bits per heavy atom. The predicted octanol–water partition coefficient (Wildman–Crippen LogP) is 2.27. The van der Waals surface area contributed by atoms with Gasteiger partial charge in [0, 0.05) is 49.1 Å². The average Bonchev–Trinajstić information content (AvgIpc) is 2.96. The summed E-state index contributed by atoms with van der Waals surface area (Å²) in [6.45, 7) is 8.09. The molecule has 1 unspecified atom stereocenters. The molecule has 0 saturated heterocycles. The van der Waals surface area contributed by atoms with Gasteiger partial charge in [-0.05, 0) is 37.2 Å². The van der Waals surface area contributed by atoms with Crippen LogP contribution in [0.15, 0.2) is 29.4 Å². The largest absolute Gasteiger partial charge is 0.491 e. The summed E-state index contributed by atoms with van der Waals surface area (Å²) >= 11 is 0. The molecule has 13 nitrogen and oxygen atoms in total. The smallest absolute Gasteiger partial charge is 0.251 e. The van der Waals surface area contributed by atoms with E-state index >= 15 is 0 Å². The van der Waals surface area contributed by atoms with Crippen molar-refractivity contribution in [2.45, 2.75) is 32.9 Å². The third-order valence-electron chi connectivity index (χ3n) is 5.07. The van der Waals surface area contributed by atoms with Crippen molar-refractivity contribution in [2.75, 3.05) is 79.5 Å². The lowest BCUT2D eigenvalue weighted by Gasteiger charge is -2.14. The molecular weight excluding hydrogens is 532 g/mol. The second kappa shape index (κ2) is 24.4. The SMILES string of the molecule is CNCCNC(=O)c1cccc(OCC(N=[N+]=[N-])OCCOCCOCCCC(=O)NCCOCC#CC(C)C)c1. The van der Waals surface area contributed by atoms with Crippen LogP contribution in [-0.4, -0.2) is 97.6 Å². The minimum atomic E-state index is -0.857. The van der Waals surface area contributed by atoms with Crippen LogP contribution >= 0.6 is 0 Å². The summed E-state index contributed by atoms with van der Waals surface area (Å²) in [4.78, 5) is 26.8. The number of nitrogens with zero attached hydrogens (tertiary/aromatic N) is 3. The molecule has 1 aromatic rings. The summed E-state index contributed by atoms with van der Waals surface area (Å²) in [6.07, 6.45) is 0.121. The van der Waals surface area contributed by atoms with Crippen LogP contribution in [0.5, 0.6) is 5.75 Å². The van der Waals surface area contributed by atoms with E-state index < -0.39 is 6.23 Å². The van der Waals surface area contributed by atoms with Crippen LogP contribution in [0.4, 0.5) is 0 Å². The monoisotopic (exact) mass is 576 g/mol. The molecule has 0 aliphatic rings. The van der Waals surface area contributed by atoms with E-state index in [0.717, 1.165) is 0 Å². The van der Waals surface area contributed by atoms with Crippen molar-refractivity contribution in [3.63, 3.8) is 0 Å². The number of azide groups is 1. The third-order valence-corrected chi connectivity index (χ3v) is 5.07. The van der Waals surface area contributed by atoms with E-state index in [1.165, 1.54) is 0 Å². The lowest BCUT2D eigenvalue weighted by Crippen LogP contribution is -2.30. The van der Waals surface area contributed by atoms with E-state index in [4.69, 9.17) is 29.2 Å². The first kappa shape index (κ1) is 35.7. The first-order valence-electron chi connectivity index (χ1n) is 13.8. The Bertz CT molecular complexity index is 976. The van der Waals surface area contributed by atoms with E-state index in [1.54, 1.807) is 24.3 Å². The second-order valence-corrected chi connectivity index (χ2v) is 8.94. The van der Waals surface area contributed by atoms with Gasteiger partial charge in [0.1, 0.15) is 19.0 Å². The second-order valence-electron chi connectivity index (χ2n) is 8.94. The van der Waals surface area contributed by atoms with Crippen molar-refractivity contribution in [1.29, 1.82) is 0 Å². The normalized spacial score (nSPS) is 11.2. The van der Waals surface area contributed by atoms with Gasteiger partial charge in [-0.3, -0.25) is 9.59 Å². The van der Waals surface area contributed by atoms with E-state index in [9.17, 15) is 9.59 Å². The van der Waals surface area contributed by atoms with Crippen LogP contribution < -0.4 is 20.7 Å². The van der Waals surface area contributed by atoms with Gasteiger partial charge in [0.25, 0.3) is 5.91 Å². The maximum absolute atomic E-state index is 12.2. The van der Waals surface area contributed by atoms with E-state index in [-0.39, 0.29) is 31.6 Å². The third kappa shape index (κ3) is 20.2. The Morgan fingerprint density at radius 3 is 2.54 bits per heavy atom. The highest BCUT2D eigenvalue weighted by molar-refractivity contribution is 5.94. The van der Waals surface area contributed by atoms with Crippen molar-refractivity contribution < 1.29 is 33.3 Å². The summed E-state index contributed by atoms with van der Waals surface area (Å²) < 4.78 is 27.5. The topological polar surface area (TPSA) is 165 Å². The fourth-order valence-electron chi connectivity index (χ4n) is 3.09. The predicted molar refractivity (Wildman–Crippen MR) is 154 cm³/mol. The number of hydrogen-bond donors (Lipinski definition) is 3. The minimum Gasteiger partial charge on any atom is -0.491 e. The molecular formula is C28H44N6O7. The van der Waals surface area contributed by atoms with Crippen molar-refractivity contribution in [2.24, 2.45) is 11.0 Å². The summed E-state index contributed by atoms with van der Waals surface area (Å²) in [6, 6.07) is 6.71. The van der Waals surface area contributed by atoms with Gasteiger partial charge in [0.15, 0.2) is 6.23 Å². The summed E-state index contributed by atoms with van der Waals surface area (Å²) in [7, 11) is 1.81. The molecule has 1 rings (SSSR count). The number of nitrogens with one attached hydrogen (secondary N) is 3. The molecule has 0 fully saturated rings. The molecule has 0 radical (unpaired) electrons. The van der Waals surface area contributed by atoms with Crippen LogP contribution in [0, 0.1) is 17.8 Å². The fourth-order valence-corrected chi connectivity index (χ4v) is 3.09. The lowest BCUT2D eigenvalue weighted by molar-refractivity contribution is -0.121. The number of likely N-dealkylation sites (N-methyl/N-ethyl adjacent to an activating group) is 1. The molecule has 0 aromatic heterocycles. The molecule has 0 bridgehead atoms.